The maximum Gasteiger partial charge on any atom is 0.306 e. The van der Waals surface area contributed by atoms with Gasteiger partial charge >= 0.3 is 17.9 Å². The summed E-state index contributed by atoms with van der Waals surface area (Å²) in [5, 5.41) is 0. The molecular formula is C73H120O6. The van der Waals surface area contributed by atoms with Gasteiger partial charge in [0.15, 0.2) is 6.10 Å². The SMILES string of the molecule is CC/C=C\C/C=C\C/C=C\C/C=C\C/C=C\C/C=C\C/C=C\C/C=C\C/C=C\C/C=C\CCCCCCC(=O)OCC(COC(=O)CCCCCCCCC)OC(=O)CCCCCCCCCCC/C=C\CCCCCCCC. The lowest BCUT2D eigenvalue weighted by Crippen LogP contribution is -2.30. The van der Waals surface area contributed by atoms with Crippen LogP contribution in [-0.4, -0.2) is 37.2 Å². The lowest BCUT2D eigenvalue weighted by molar-refractivity contribution is -0.167. The van der Waals surface area contributed by atoms with Crippen LogP contribution >= 0.6 is 0 Å². The summed E-state index contributed by atoms with van der Waals surface area (Å²) < 4.78 is 16.8. The number of hydrogen-bond donors (Lipinski definition) is 0. The first kappa shape index (κ1) is 74.5. The van der Waals surface area contributed by atoms with Crippen LogP contribution in [0.4, 0.5) is 0 Å². The molecule has 0 aliphatic rings. The molecule has 0 aliphatic heterocycles. The third-order valence-electron chi connectivity index (χ3n) is 13.6. The van der Waals surface area contributed by atoms with E-state index in [1.165, 1.54) is 116 Å². The molecule has 0 aromatic heterocycles. The van der Waals surface area contributed by atoms with E-state index in [9.17, 15) is 14.4 Å². The van der Waals surface area contributed by atoms with Gasteiger partial charge in [0.25, 0.3) is 0 Å². The number of carbonyl (C=O) groups is 3. The van der Waals surface area contributed by atoms with Crippen molar-refractivity contribution in [2.75, 3.05) is 13.2 Å². The van der Waals surface area contributed by atoms with Gasteiger partial charge in [-0.2, -0.15) is 0 Å². The Bertz CT molecular complexity index is 1680. The Balaban J connectivity index is 4.20. The van der Waals surface area contributed by atoms with E-state index in [2.05, 4.69) is 154 Å². The number of allylic oxidation sites excluding steroid dienone is 22. The summed E-state index contributed by atoms with van der Waals surface area (Å²) in [7, 11) is 0. The minimum absolute atomic E-state index is 0.0880. The largest absolute Gasteiger partial charge is 0.462 e. The van der Waals surface area contributed by atoms with Gasteiger partial charge in [-0.3, -0.25) is 14.4 Å². The van der Waals surface area contributed by atoms with Gasteiger partial charge in [-0.25, -0.2) is 0 Å². The van der Waals surface area contributed by atoms with Crippen molar-refractivity contribution in [3.05, 3.63) is 134 Å². The molecule has 6 nitrogen and oxygen atoms in total. The maximum absolute atomic E-state index is 12.8. The van der Waals surface area contributed by atoms with Crippen molar-refractivity contribution in [3.63, 3.8) is 0 Å². The van der Waals surface area contributed by atoms with E-state index < -0.39 is 6.10 Å². The molecule has 1 unspecified atom stereocenters. The Hall–Kier alpha value is -4.45. The van der Waals surface area contributed by atoms with Crippen LogP contribution in [-0.2, 0) is 28.6 Å². The van der Waals surface area contributed by atoms with E-state index in [4.69, 9.17) is 14.2 Å². The number of hydrogen-bond acceptors (Lipinski definition) is 6. The highest BCUT2D eigenvalue weighted by molar-refractivity contribution is 5.71. The minimum atomic E-state index is -0.790. The van der Waals surface area contributed by atoms with Crippen LogP contribution in [0, 0.1) is 0 Å². The van der Waals surface area contributed by atoms with Crippen LogP contribution in [0.2, 0.25) is 0 Å². The molecule has 6 heteroatoms. The van der Waals surface area contributed by atoms with Crippen molar-refractivity contribution in [2.24, 2.45) is 0 Å². The highest BCUT2D eigenvalue weighted by Crippen LogP contribution is 2.15. The molecule has 0 bridgehead atoms. The molecule has 0 spiro atoms. The molecule has 0 saturated heterocycles. The third kappa shape index (κ3) is 64.3. The van der Waals surface area contributed by atoms with E-state index >= 15 is 0 Å². The van der Waals surface area contributed by atoms with E-state index in [0.717, 1.165) is 135 Å². The van der Waals surface area contributed by atoms with Crippen molar-refractivity contribution in [1.29, 1.82) is 0 Å². The van der Waals surface area contributed by atoms with Gasteiger partial charge in [0, 0.05) is 19.3 Å². The van der Waals surface area contributed by atoms with Gasteiger partial charge in [0.05, 0.1) is 0 Å². The zero-order valence-corrected chi connectivity index (χ0v) is 51.3. The van der Waals surface area contributed by atoms with Gasteiger partial charge in [0.2, 0.25) is 0 Å². The molecule has 79 heavy (non-hydrogen) atoms. The molecule has 0 heterocycles. The van der Waals surface area contributed by atoms with Crippen LogP contribution in [0.5, 0.6) is 0 Å². The first-order chi connectivity index (χ1) is 39.0. The summed E-state index contributed by atoms with van der Waals surface area (Å²) >= 11 is 0. The van der Waals surface area contributed by atoms with Crippen LogP contribution in [0.25, 0.3) is 0 Å². The summed E-state index contributed by atoms with van der Waals surface area (Å²) in [5.41, 5.74) is 0. The quantitative estimate of drug-likeness (QED) is 0.0261. The lowest BCUT2D eigenvalue weighted by atomic mass is 10.1. The van der Waals surface area contributed by atoms with Gasteiger partial charge in [-0.05, 0) is 122 Å². The predicted octanol–water partition coefficient (Wildman–Crippen LogP) is 22.5. The Morgan fingerprint density at radius 2 is 0.494 bits per heavy atom. The van der Waals surface area contributed by atoms with E-state index in [-0.39, 0.29) is 31.1 Å². The van der Waals surface area contributed by atoms with Crippen molar-refractivity contribution in [3.8, 4) is 0 Å². The average molecular weight is 1090 g/mol. The average Bonchev–Trinajstić information content (AvgIpc) is 3.45. The van der Waals surface area contributed by atoms with Crippen molar-refractivity contribution in [2.45, 2.75) is 297 Å². The Labute approximate surface area is 487 Å². The summed E-state index contributed by atoms with van der Waals surface area (Å²) in [6.45, 7) is 6.46. The molecule has 0 saturated carbocycles. The van der Waals surface area contributed by atoms with Gasteiger partial charge in [0.1, 0.15) is 13.2 Å². The second-order valence-electron chi connectivity index (χ2n) is 21.3. The first-order valence-electron chi connectivity index (χ1n) is 32.7. The normalized spacial score (nSPS) is 13.0. The molecule has 0 aliphatic carbocycles. The van der Waals surface area contributed by atoms with Crippen LogP contribution in [0.3, 0.4) is 0 Å². The molecule has 0 amide bonds. The standard InChI is InChI=1S/C73H120O6/c1-4-7-10-13-16-18-20-22-24-26-28-29-30-31-32-33-34-35-36-37-38-39-40-41-42-43-45-46-48-50-52-54-57-60-63-66-72(75)78-69-70(68-77-71(74)65-62-59-56-15-12-9-6-3)79-73(76)67-64-61-58-55-53-51-49-47-44-27-25-23-21-19-17-14-11-8-5-2/h7,10,16,18,22-25,28-29,31-32,34-35,37-38,40-41,43,45,48,50,70H,4-6,8-9,11-15,17,19-21,26-27,30,33,36,39,42,44,46-47,49,51-69H2,1-3H3/b10-7-,18-16-,24-22-,25-23-,29-28-,32-31-,35-34-,38-37-,41-40-,45-43-,50-48-. The van der Waals surface area contributed by atoms with Crippen LogP contribution in [0.1, 0.15) is 290 Å². The molecule has 0 aromatic carbocycles. The molecule has 1 atom stereocenters. The number of ether oxygens (including phenoxy) is 3. The van der Waals surface area contributed by atoms with Crippen molar-refractivity contribution < 1.29 is 28.6 Å². The number of esters is 3. The molecule has 0 N–H and O–H groups in total. The lowest BCUT2D eigenvalue weighted by Gasteiger charge is -2.18. The fourth-order valence-corrected chi connectivity index (χ4v) is 8.76. The highest BCUT2D eigenvalue weighted by Gasteiger charge is 2.19. The molecule has 0 aromatic rings. The highest BCUT2D eigenvalue weighted by atomic mass is 16.6. The number of carbonyl (C=O) groups excluding carboxylic acids is 3. The summed E-state index contributed by atoms with van der Waals surface area (Å²) in [4.78, 5) is 38.1. The minimum Gasteiger partial charge on any atom is -0.462 e. The zero-order valence-electron chi connectivity index (χ0n) is 51.3. The van der Waals surface area contributed by atoms with Crippen LogP contribution < -0.4 is 0 Å². The van der Waals surface area contributed by atoms with Gasteiger partial charge in [-0.1, -0.05) is 283 Å². The topological polar surface area (TPSA) is 78.9 Å². The van der Waals surface area contributed by atoms with E-state index in [1.807, 2.05) is 0 Å². The number of rotatable bonds is 58. The molecular weight excluding hydrogens is 973 g/mol. The maximum atomic E-state index is 12.8. The van der Waals surface area contributed by atoms with E-state index in [1.54, 1.807) is 0 Å². The van der Waals surface area contributed by atoms with Crippen molar-refractivity contribution >= 4 is 17.9 Å². The Kier molecular flexibility index (Phi) is 62.3. The van der Waals surface area contributed by atoms with Gasteiger partial charge < -0.3 is 14.2 Å². The second-order valence-corrected chi connectivity index (χ2v) is 21.3. The van der Waals surface area contributed by atoms with Gasteiger partial charge in [-0.15, -0.1) is 0 Å². The molecule has 448 valence electrons. The number of unbranched alkanes of at least 4 members (excludes halogenated alkanes) is 25. The summed E-state index contributed by atoms with van der Waals surface area (Å²) in [6.07, 6.45) is 93.4. The Morgan fingerprint density at radius 3 is 0.785 bits per heavy atom. The van der Waals surface area contributed by atoms with E-state index in [0.29, 0.717) is 19.3 Å². The monoisotopic (exact) mass is 1090 g/mol. The van der Waals surface area contributed by atoms with Crippen LogP contribution in [0.15, 0.2) is 134 Å². The molecule has 0 radical (unpaired) electrons. The smallest absolute Gasteiger partial charge is 0.306 e. The third-order valence-corrected chi connectivity index (χ3v) is 13.6. The Morgan fingerprint density at radius 1 is 0.266 bits per heavy atom. The zero-order chi connectivity index (χ0) is 57.1. The second kappa shape index (κ2) is 66.1. The first-order valence-corrected chi connectivity index (χ1v) is 32.7. The van der Waals surface area contributed by atoms with Crippen molar-refractivity contribution in [1.82, 2.24) is 0 Å². The molecule has 0 rings (SSSR count). The fourth-order valence-electron chi connectivity index (χ4n) is 8.76. The predicted molar refractivity (Wildman–Crippen MR) is 343 cm³/mol. The molecule has 0 fully saturated rings. The summed E-state index contributed by atoms with van der Waals surface area (Å²) in [5.74, 6) is -0.921. The summed E-state index contributed by atoms with van der Waals surface area (Å²) in [6, 6.07) is 0. The fraction of sp³-hybridized carbons (Fsp3) is 0.658.